The van der Waals surface area contributed by atoms with Crippen molar-refractivity contribution in [2.24, 2.45) is 5.92 Å². The fourth-order valence-corrected chi connectivity index (χ4v) is 2.10. The Balaban J connectivity index is 2.52. The molecule has 6 nitrogen and oxygen atoms in total. The van der Waals surface area contributed by atoms with Crippen molar-refractivity contribution in [2.75, 3.05) is 13.1 Å². The number of nitrogens with zero attached hydrogens (tertiary/aromatic N) is 1. The molecule has 1 aliphatic heterocycles. The summed E-state index contributed by atoms with van der Waals surface area (Å²) >= 11 is 0. The highest BCUT2D eigenvalue weighted by molar-refractivity contribution is 5.88. The van der Waals surface area contributed by atoms with E-state index < -0.39 is 17.9 Å². The van der Waals surface area contributed by atoms with Gasteiger partial charge in [0.25, 0.3) is 0 Å². The Bertz CT molecular complexity index is 357. The zero-order valence-corrected chi connectivity index (χ0v) is 11.5. The van der Waals surface area contributed by atoms with Gasteiger partial charge >= 0.3 is 5.97 Å². The van der Waals surface area contributed by atoms with Crippen molar-refractivity contribution in [2.45, 2.75) is 45.6 Å². The Morgan fingerprint density at radius 1 is 1.42 bits per heavy atom. The number of amides is 2. The molecule has 0 radical (unpaired) electrons. The molecule has 0 aromatic carbocycles. The Labute approximate surface area is 113 Å². The molecule has 108 valence electrons. The number of carboxylic acids is 1. The third-order valence-corrected chi connectivity index (χ3v) is 3.55. The summed E-state index contributed by atoms with van der Waals surface area (Å²) in [6.07, 6.45) is 2.90. The maximum atomic E-state index is 11.8. The van der Waals surface area contributed by atoms with Crippen LogP contribution < -0.4 is 5.32 Å². The summed E-state index contributed by atoms with van der Waals surface area (Å²) in [5, 5.41) is 11.6. The van der Waals surface area contributed by atoms with E-state index in [0.717, 1.165) is 12.8 Å². The summed E-state index contributed by atoms with van der Waals surface area (Å²) in [5.74, 6) is -1.61. The van der Waals surface area contributed by atoms with Gasteiger partial charge in [-0.25, -0.2) is 4.79 Å². The zero-order valence-electron chi connectivity index (χ0n) is 11.5. The van der Waals surface area contributed by atoms with E-state index in [1.165, 1.54) is 4.90 Å². The fourth-order valence-electron chi connectivity index (χ4n) is 2.10. The molecule has 0 saturated carbocycles. The molecule has 6 heteroatoms. The first kappa shape index (κ1) is 15.5. The Morgan fingerprint density at radius 3 is 2.63 bits per heavy atom. The molecule has 0 bridgehead atoms. The smallest absolute Gasteiger partial charge is 0.326 e. The highest BCUT2D eigenvalue weighted by Crippen LogP contribution is 2.11. The van der Waals surface area contributed by atoms with Crippen molar-refractivity contribution in [1.29, 1.82) is 0 Å². The van der Waals surface area contributed by atoms with Gasteiger partial charge < -0.3 is 15.3 Å². The minimum atomic E-state index is -1.03. The van der Waals surface area contributed by atoms with Crippen LogP contribution in [0.4, 0.5) is 0 Å². The monoisotopic (exact) mass is 270 g/mol. The predicted molar refractivity (Wildman–Crippen MR) is 69.5 cm³/mol. The van der Waals surface area contributed by atoms with Crippen LogP contribution in [0.15, 0.2) is 0 Å². The lowest BCUT2D eigenvalue weighted by molar-refractivity contribution is -0.144. The Morgan fingerprint density at radius 2 is 2.11 bits per heavy atom. The van der Waals surface area contributed by atoms with Crippen molar-refractivity contribution in [3.8, 4) is 0 Å². The number of likely N-dealkylation sites (tertiary alicyclic amines) is 1. The van der Waals surface area contributed by atoms with E-state index in [-0.39, 0.29) is 18.4 Å². The molecule has 19 heavy (non-hydrogen) atoms. The van der Waals surface area contributed by atoms with Crippen LogP contribution in [-0.2, 0) is 14.4 Å². The van der Waals surface area contributed by atoms with E-state index in [0.29, 0.717) is 19.4 Å². The van der Waals surface area contributed by atoms with Crippen molar-refractivity contribution >= 4 is 17.8 Å². The lowest BCUT2D eigenvalue weighted by Crippen LogP contribution is -2.50. The molecule has 1 saturated heterocycles. The molecule has 2 amide bonds. The van der Waals surface area contributed by atoms with Crippen molar-refractivity contribution in [1.82, 2.24) is 10.2 Å². The summed E-state index contributed by atoms with van der Waals surface area (Å²) in [4.78, 5) is 36.0. The summed E-state index contributed by atoms with van der Waals surface area (Å²) in [6.45, 7) is 4.19. The first-order valence-corrected chi connectivity index (χ1v) is 6.75. The molecule has 0 spiro atoms. The molecule has 0 aromatic heterocycles. The number of rotatable bonds is 6. The first-order valence-electron chi connectivity index (χ1n) is 6.75. The van der Waals surface area contributed by atoms with Gasteiger partial charge in [0.2, 0.25) is 11.8 Å². The molecule has 0 aromatic rings. The summed E-state index contributed by atoms with van der Waals surface area (Å²) < 4.78 is 0. The molecule has 0 unspecified atom stereocenters. The summed E-state index contributed by atoms with van der Waals surface area (Å²) in [5.41, 5.74) is 0. The lowest BCUT2D eigenvalue weighted by Gasteiger charge is -2.27. The van der Waals surface area contributed by atoms with Crippen molar-refractivity contribution < 1.29 is 19.5 Å². The number of hydrogen-bond donors (Lipinski definition) is 2. The molecule has 1 aliphatic rings. The highest BCUT2D eigenvalue weighted by atomic mass is 16.4. The van der Waals surface area contributed by atoms with E-state index in [2.05, 4.69) is 5.32 Å². The number of carbonyl (C=O) groups excluding carboxylic acids is 2. The average molecular weight is 270 g/mol. The number of hydrogen-bond acceptors (Lipinski definition) is 3. The summed E-state index contributed by atoms with van der Waals surface area (Å²) in [6, 6.07) is -0.891. The van der Waals surface area contributed by atoms with Crippen LogP contribution in [0, 0.1) is 5.92 Å². The second kappa shape index (κ2) is 7.11. The van der Waals surface area contributed by atoms with Gasteiger partial charge in [-0.3, -0.25) is 9.59 Å². The molecule has 1 rings (SSSR count). The molecular formula is C13H22N2O4. The SMILES string of the molecule is CC[C@H](C)[C@H](NC(=O)CN1CCCCC1=O)C(=O)O. The van der Waals surface area contributed by atoms with E-state index in [1.54, 1.807) is 6.92 Å². The van der Waals surface area contributed by atoms with Gasteiger partial charge in [0.15, 0.2) is 0 Å². The van der Waals surface area contributed by atoms with Crippen LogP contribution in [0.2, 0.25) is 0 Å². The number of nitrogens with one attached hydrogen (secondary N) is 1. The minimum Gasteiger partial charge on any atom is -0.480 e. The quantitative estimate of drug-likeness (QED) is 0.740. The molecule has 1 heterocycles. The van der Waals surface area contributed by atoms with Gasteiger partial charge in [-0.15, -0.1) is 0 Å². The number of piperidine rings is 1. The molecule has 0 aliphatic carbocycles. The second-order valence-corrected chi connectivity index (χ2v) is 5.04. The standard InChI is InChI=1S/C13H22N2O4/c1-3-9(2)12(13(18)19)14-10(16)8-15-7-5-4-6-11(15)17/h9,12H,3-8H2,1-2H3,(H,14,16)(H,18,19)/t9-,12-/m0/s1. The van der Waals surface area contributed by atoms with Crippen LogP contribution >= 0.6 is 0 Å². The van der Waals surface area contributed by atoms with Crippen molar-refractivity contribution in [3.63, 3.8) is 0 Å². The predicted octanol–water partition coefficient (Wildman–Crippen LogP) is 0.614. The fraction of sp³-hybridized carbons (Fsp3) is 0.769. The van der Waals surface area contributed by atoms with Crippen LogP contribution in [0.5, 0.6) is 0 Å². The zero-order chi connectivity index (χ0) is 14.4. The van der Waals surface area contributed by atoms with Crippen LogP contribution in [0.3, 0.4) is 0 Å². The maximum absolute atomic E-state index is 11.8. The molecule has 1 fully saturated rings. The van der Waals surface area contributed by atoms with Crippen LogP contribution in [-0.4, -0.2) is 46.9 Å². The van der Waals surface area contributed by atoms with Gasteiger partial charge in [0.1, 0.15) is 6.04 Å². The van der Waals surface area contributed by atoms with Gasteiger partial charge in [-0.2, -0.15) is 0 Å². The number of aliphatic carboxylic acids is 1. The van der Waals surface area contributed by atoms with Gasteiger partial charge in [0, 0.05) is 13.0 Å². The first-order chi connectivity index (χ1) is 8.95. The van der Waals surface area contributed by atoms with E-state index in [9.17, 15) is 14.4 Å². The lowest BCUT2D eigenvalue weighted by atomic mass is 9.99. The van der Waals surface area contributed by atoms with Gasteiger partial charge in [-0.05, 0) is 18.8 Å². The Kier molecular flexibility index (Phi) is 5.79. The largest absolute Gasteiger partial charge is 0.480 e. The third-order valence-electron chi connectivity index (χ3n) is 3.55. The summed E-state index contributed by atoms with van der Waals surface area (Å²) in [7, 11) is 0. The average Bonchev–Trinajstić information content (AvgIpc) is 2.37. The number of carboxylic acid groups (broad SMARTS) is 1. The minimum absolute atomic E-state index is 0.0307. The maximum Gasteiger partial charge on any atom is 0.326 e. The van der Waals surface area contributed by atoms with E-state index in [4.69, 9.17) is 5.11 Å². The van der Waals surface area contributed by atoms with Gasteiger partial charge in [-0.1, -0.05) is 20.3 Å². The molecule has 2 N–H and O–H groups in total. The van der Waals surface area contributed by atoms with Crippen molar-refractivity contribution in [3.05, 3.63) is 0 Å². The van der Waals surface area contributed by atoms with E-state index >= 15 is 0 Å². The third kappa shape index (κ3) is 4.54. The molecular weight excluding hydrogens is 248 g/mol. The van der Waals surface area contributed by atoms with Gasteiger partial charge in [0.05, 0.1) is 6.54 Å². The highest BCUT2D eigenvalue weighted by Gasteiger charge is 2.27. The molecule has 2 atom stereocenters. The Hall–Kier alpha value is -1.59. The normalized spacial score (nSPS) is 18.8. The topological polar surface area (TPSA) is 86.7 Å². The van der Waals surface area contributed by atoms with E-state index in [1.807, 2.05) is 6.92 Å². The second-order valence-electron chi connectivity index (χ2n) is 5.04. The van der Waals surface area contributed by atoms with Crippen LogP contribution in [0.1, 0.15) is 39.5 Å². The van der Waals surface area contributed by atoms with Crippen LogP contribution in [0.25, 0.3) is 0 Å². The number of carbonyl (C=O) groups is 3.